The Balaban J connectivity index is 1.42. The molecule has 1 aliphatic rings. The number of likely N-dealkylation sites (tertiary alicyclic amines) is 1. The number of rotatable bonds is 8. The summed E-state index contributed by atoms with van der Waals surface area (Å²) in [6.07, 6.45) is 2.04. The number of carbonyl (C=O) groups is 2. The highest BCUT2D eigenvalue weighted by Gasteiger charge is 2.19. The summed E-state index contributed by atoms with van der Waals surface area (Å²) in [6, 6.07) is 15.7. The van der Waals surface area contributed by atoms with E-state index in [0.29, 0.717) is 31.7 Å². The predicted molar refractivity (Wildman–Crippen MR) is 110 cm³/mol. The zero-order valence-corrected chi connectivity index (χ0v) is 16.7. The van der Waals surface area contributed by atoms with Gasteiger partial charge in [-0.25, -0.2) is 0 Å². The number of benzene rings is 2. The van der Waals surface area contributed by atoms with Crippen LogP contribution in [-0.2, 0) is 22.7 Å². The van der Waals surface area contributed by atoms with Gasteiger partial charge in [0.25, 0.3) is 0 Å². The molecule has 27 heavy (non-hydrogen) atoms. The summed E-state index contributed by atoms with van der Waals surface area (Å²) in [5.41, 5.74) is 2.15. The SMILES string of the molecule is O=C(CCSc1ccccc1Cl)NCc1cccc(CN2CCCC2=O)c1. The topological polar surface area (TPSA) is 49.4 Å². The average Bonchev–Trinajstić information content (AvgIpc) is 3.07. The number of carbonyl (C=O) groups excluding carboxylic acids is 2. The summed E-state index contributed by atoms with van der Waals surface area (Å²) in [7, 11) is 0. The maximum Gasteiger partial charge on any atom is 0.222 e. The number of thioether (sulfide) groups is 1. The number of nitrogens with one attached hydrogen (secondary N) is 1. The Kier molecular flexibility index (Phi) is 7.18. The molecular weight excluding hydrogens is 380 g/mol. The smallest absolute Gasteiger partial charge is 0.222 e. The van der Waals surface area contributed by atoms with Crippen LogP contribution < -0.4 is 5.32 Å². The zero-order valence-electron chi connectivity index (χ0n) is 15.1. The first-order valence-electron chi connectivity index (χ1n) is 9.11. The molecule has 6 heteroatoms. The molecule has 0 radical (unpaired) electrons. The van der Waals surface area contributed by atoms with Gasteiger partial charge < -0.3 is 10.2 Å². The van der Waals surface area contributed by atoms with E-state index in [9.17, 15) is 9.59 Å². The molecule has 0 aliphatic carbocycles. The number of halogens is 1. The summed E-state index contributed by atoms with van der Waals surface area (Å²) < 4.78 is 0. The fraction of sp³-hybridized carbons (Fsp3) is 0.333. The van der Waals surface area contributed by atoms with Crippen LogP contribution in [0.15, 0.2) is 53.4 Å². The zero-order chi connectivity index (χ0) is 19.1. The summed E-state index contributed by atoms with van der Waals surface area (Å²) in [5, 5.41) is 3.68. The van der Waals surface area contributed by atoms with E-state index >= 15 is 0 Å². The highest BCUT2D eigenvalue weighted by atomic mass is 35.5. The van der Waals surface area contributed by atoms with E-state index in [4.69, 9.17) is 11.6 Å². The molecule has 0 saturated carbocycles. The molecule has 0 bridgehead atoms. The van der Waals surface area contributed by atoms with Crippen LogP contribution in [-0.4, -0.2) is 29.0 Å². The molecule has 4 nitrogen and oxygen atoms in total. The van der Waals surface area contributed by atoms with Crippen molar-refractivity contribution in [3.8, 4) is 0 Å². The van der Waals surface area contributed by atoms with Gasteiger partial charge in [-0.05, 0) is 29.7 Å². The lowest BCUT2D eigenvalue weighted by atomic mass is 10.1. The number of hydrogen-bond acceptors (Lipinski definition) is 3. The van der Waals surface area contributed by atoms with Crippen molar-refractivity contribution >= 4 is 35.2 Å². The standard InChI is InChI=1S/C21H23ClN2O2S/c22-18-7-1-2-8-19(18)27-12-10-20(25)23-14-16-5-3-6-17(13-16)15-24-11-4-9-21(24)26/h1-3,5-8,13H,4,9-12,14-15H2,(H,23,25). The monoisotopic (exact) mass is 402 g/mol. The number of hydrogen-bond donors (Lipinski definition) is 1. The van der Waals surface area contributed by atoms with Gasteiger partial charge in [0, 0.05) is 43.1 Å². The molecule has 0 atom stereocenters. The van der Waals surface area contributed by atoms with Crippen LogP contribution in [0.25, 0.3) is 0 Å². The summed E-state index contributed by atoms with van der Waals surface area (Å²) in [4.78, 5) is 26.7. The Morgan fingerprint density at radius 1 is 1.15 bits per heavy atom. The molecule has 1 saturated heterocycles. The molecule has 2 amide bonds. The minimum atomic E-state index is 0.0228. The number of amides is 2. The maximum absolute atomic E-state index is 12.1. The quantitative estimate of drug-likeness (QED) is 0.671. The van der Waals surface area contributed by atoms with E-state index in [1.165, 1.54) is 0 Å². The molecule has 0 spiro atoms. The predicted octanol–water partition coefficient (Wildman–Crippen LogP) is 4.26. The van der Waals surface area contributed by atoms with Crippen LogP contribution in [0.4, 0.5) is 0 Å². The first kappa shape index (κ1) is 19.8. The molecule has 2 aromatic carbocycles. The largest absolute Gasteiger partial charge is 0.352 e. The molecule has 142 valence electrons. The second-order valence-corrected chi connectivity index (χ2v) is 8.09. The molecule has 3 rings (SSSR count). The van der Waals surface area contributed by atoms with Gasteiger partial charge in [-0.3, -0.25) is 9.59 Å². The highest BCUT2D eigenvalue weighted by Crippen LogP contribution is 2.26. The Labute approximate surface area is 169 Å². The maximum atomic E-state index is 12.1. The van der Waals surface area contributed by atoms with E-state index in [2.05, 4.69) is 11.4 Å². The van der Waals surface area contributed by atoms with Gasteiger partial charge in [-0.15, -0.1) is 11.8 Å². The minimum absolute atomic E-state index is 0.0228. The number of nitrogens with zero attached hydrogens (tertiary/aromatic N) is 1. The van der Waals surface area contributed by atoms with Gasteiger partial charge in [0.2, 0.25) is 11.8 Å². The fourth-order valence-electron chi connectivity index (χ4n) is 3.03. The molecular formula is C21H23ClN2O2S. The third-order valence-electron chi connectivity index (χ3n) is 4.45. The Morgan fingerprint density at radius 3 is 2.74 bits per heavy atom. The van der Waals surface area contributed by atoms with Gasteiger partial charge in [0.1, 0.15) is 0 Å². The lowest BCUT2D eigenvalue weighted by Crippen LogP contribution is -2.24. The summed E-state index contributed by atoms with van der Waals surface area (Å²) >= 11 is 7.71. The first-order chi connectivity index (χ1) is 13.1. The Hall–Kier alpha value is -1.98. The third-order valence-corrected chi connectivity index (χ3v) is 5.97. The molecule has 1 N–H and O–H groups in total. The van der Waals surface area contributed by atoms with Crippen molar-refractivity contribution in [3.05, 3.63) is 64.7 Å². The molecule has 1 aliphatic heterocycles. The fourth-order valence-corrected chi connectivity index (χ4v) is 4.22. The summed E-state index contributed by atoms with van der Waals surface area (Å²) in [5.74, 6) is 0.937. The third kappa shape index (κ3) is 6.01. The van der Waals surface area contributed by atoms with Crippen LogP contribution in [0, 0.1) is 0 Å². The Bertz CT molecular complexity index is 812. The average molecular weight is 403 g/mol. The van der Waals surface area contributed by atoms with Crippen LogP contribution in [0.3, 0.4) is 0 Å². The Morgan fingerprint density at radius 2 is 1.96 bits per heavy atom. The molecule has 1 fully saturated rings. The van der Waals surface area contributed by atoms with Gasteiger partial charge in [0.05, 0.1) is 5.02 Å². The first-order valence-corrected chi connectivity index (χ1v) is 10.5. The second-order valence-electron chi connectivity index (χ2n) is 6.54. The van der Waals surface area contributed by atoms with E-state index in [-0.39, 0.29) is 11.8 Å². The summed E-state index contributed by atoms with van der Waals surface area (Å²) in [6.45, 7) is 1.98. The van der Waals surface area contributed by atoms with Crippen molar-refractivity contribution in [1.82, 2.24) is 10.2 Å². The van der Waals surface area contributed by atoms with Gasteiger partial charge in [-0.2, -0.15) is 0 Å². The highest BCUT2D eigenvalue weighted by molar-refractivity contribution is 7.99. The lowest BCUT2D eigenvalue weighted by molar-refractivity contribution is -0.128. The minimum Gasteiger partial charge on any atom is -0.352 e. The molecule has 2 aromatic rings. The normalized spacial score (nSPS) is 13.8. The van der Waals surface area contributed by atoms with E-state index in [1.807, 2.05) is 47.4 Å². The lowest BCUT2D eigenvalue weighted by Gasteiger charge is -2.16. The van der Waals surface area contributed by atoms with E-state index < -0.39 is 0 Å². The van der Waals surface area contributed by atoms with E-state index in [1.54, 1.807) is 11.8 Å². The van der Waals surface area contributed by atoms with Gasteiger partial charge in [-0.1, -0.05) is 48.0 Å². The van der Waals surface area contributed by atoms with Crippen molar-refractivity contribution in [2.75, 3.05) is 12.3 Å². The van der Waals surface area contributed by atoms with Crippen LogP contribution in [0.5, 0.6) is 0 Å². The van der Waals surface area contributed by atoms with Crippen molar-refractivity contribution in [2.24, 2.45) is 0 Å². The second kappa shape index (κ2) is 9.81. The van der Waals surface area contributed by atoms with E-state index in [0.717, 1.165) is 34.0 Å². The van der Waals surface area contributed by atoms with Crippen molar-refractivity contribution in [1.29, 1.82) is 0 Å². The van der Waals surface area contributed by atoms with Crippen LogP contribution in [0.1, 0.15) is 30.4 Å². The van der Waals surface area contributed by atoms with Crippen molar-refractivity contribution in [2.45, 2.75) is 37.2 Å². The molecule has 1 heterocycles. The van der Waals surface area contributed by atoms with Gasteiger partial charge in [0.15, 0.2) is 0 Å². The van der Waals surface area contributed by atoms with Gasteiger partial charge >= 0.3 is 0 Å². The van der Waals surface area contributed by atoms with Crippen molar-refractivity contribution in [3.63, 3.8) is 0 Å². The van der Waals surface area contributed by atoms with Crippen molar-refractivity contribution < 1.29 is 9.59 Å². The van der Waals surface area contributed by atoms with Crippen LogP contribution >= 0.6 is 23.4 Å². The van der Waals surface area contributed by atoms with Crippen LogP contribution in [0.2, 0.25) is 5.02 Å². The molecule has 0 aromatic heterocycles. The molecule has 0 unspecified atom stereocenters.